The molecule has 0 unspecified atom stereocenters. The molecule has 0 aromatic heterocycles. The predicted octanol–water partition coefficient (Wildman–Crippen LogP) is 6.23. The predicted molar refractivity (Wildman–Crippen MR) is 394 cm³/mol. The minimum atomic E-state index is -5.42. The van der Waals surface area contributed by atoms with Crippen molar-refractivity contribution in [1.29, 1.82) is 0 Å². The Kier molecular flexibility index (Phi) is 32.6. The van der Waals surface area contributed by atoms with E-state index in [0.717, 1.165) is 30.1 Å². The summed E-state index contributed by atoms with van der Waals surface area (Å²) < 4.78 is 78.1. The number of nitrogens with zero attached hydrogens (tertiary/aromatic N) is 9. The van der Waals surface area contributed by atoms with Crippen molar-refractivity contribution in [3.63, 3.8) is 0 Å². The van der Waals surface area contributed by atoms with Crippen molar-refractivity contribution in [3.05, 3.63) is 95.6 Å². The Hall–Kier alpha value is -8.83. The maximum absolute atomic E-state index is 15.7. The van der Waals surface area contributed by atoms with Gasteiger partial charge in [-0.2, -0.15) is 13.2 Å². The molecule has 2 saturated heterocycles. The molecule has 9 atom stereocenters. The Bertz CT molecular complexity index is 3530. The zero-order chi connectivity index (χ0) is 80.2. The SMILES string of the molecule is C=CCCC[C@H]1C(=O)N[C@@H]([C@@H](C)CC)C(=O)N(C)CC(=O)N(C)CC(=O)N(CCC)[C@@H](Cc2ccc(CCC=C)cc2)C(=O)N(C)CC(=O)N[C@@H](CCc2cc(F)c(C(F)(F)F)c(F)c2)C(=O)N2C[C@H](OCC)C[C@H]2C(=O)NC2(CCCC2)C(=O)N(C)[C@@H](C2CCCC2)C(=O)N(C)[C@H](C(=O)N(C)C)CC(=O)N1C. The molecule has 3 N–H and O–H groups in total. The fraction of sp³-hybridized carbons (Fsp3) is 0.641. The van der Waals surface area contributed by atoms with Gasteiger partial charge in [-0.25, -0.2) is 8.78 Å². The summed E-state index contributed by atoms with van der Waals surface area (Å²) in [4.78, 5) is 191. The van der Waals surface area contributed by atoms with Crippen LogP contribution in [0, 0.1) is 23.5 Å². The van der Waals surface area contributed by atoms with Crippen molar-refractivity contribution in [2.24, 2.45) is 11.8 Å². The average Bonchev–Trinajstić information content (AvgIpc) is 1.52. The summed E-state index contributed by atoms with van der Waals surface area (Å²) >= 11 is 0. The Morgan fingerprint density at radius 2 is 1.29 bits per heavy atom. The van der Waals surface area contributed by atoms with Crippen LogP contribution in [0.1, 0.15) is 159 Å². The highest BCUT2D eigenvalue weighted by Gasteiger charge is 2.52. The van der Waals surface area contributed by atoms with Crippen molar-refractivity contribution in [3.8, 4) is 0 Å². The molecule has 6 rings (SSSR count). The topological polar surface area (TPSA) is 279 Å². The summed E-state index contributed by atoms with van der Waals surface area (Å²) in [5.41, 5.74) is -2.65. The number of fused-ring (bicyclic) bond motifs is 1. The van der Waals surface area contributed by atoms with Crippen molar-refractivity contribution in [2.45, 2.75) is 216 Å². The second kappa shape index (κ2) is 40.0. The maximum atomic E-state index is 15.7. The number of likely N-dealkylation sites (N-methyl/N-ethyl adjacent to an activating group) is 7. The molecule has 0 bridgehead atoms. The Balaban J connectivity index is 1.50. The number of ether oxygens (including phenoxy) is 1. The van der Waals surface area contributed by atoms with Crippen molar-refractivity contribution >= 4 is 70.9 Å². The molecule has 108 heavy (non-hydrogen) atoms. The van der Waals surface area contributed by atoms with Crippen LogP contribution in [0.4, 0.5) is 22.0 Å². The fourth-order valence-corrected chi connectivity index (χ4v) is 15.2. The van der Waals surface area contributed by atoms with Crippen molar-refractivity contribution < 1.29 is 84.2 Å². The van der Waals surface area contributed by atoms with Crippen LogP contribution < -0.4 is 16.0 Å². The second-order valence-corrected chi connectivity index (χ2v) is 29.7. The number of alkyl halides is 3. The molecule has 2 aliphatic carbocycles. The van der Waals surface area contributed by atoms with E-state index in [1.165, 1.54) is 76.0 Å². The number of hydrogen-bond acceptors (Lipinski definition) is 13. The van der Waals surface area contributed by atoms with E-state index in [2.05, 4.69) is 29.1 Å². The summed E-state index contributed by atoms with van der Waals surface area (Å²) in [6, 6.07) is -1.65. The monoisotopic (exact) mass is 1520 g/mol. The maximum Gasteiger partial charge on any atom is 0.422 e. The van der Waals surface area contributed by atoms with Gasteiger partial charge in [-0.15, -0.1) is 13.2 Å². The molecule has 598 valence electrons. The van der Waals surface area contributed by atoms with Gasteiger partial charge < -0.3 is 64.8 Å². The van der Waals surface area contributed by atoms with Gasteiger partial charge in [0, 0.05) is 88.9 Å². The van der Waals surface area contributed by atoms with Gasteiger partial charge in [-0.05, 0) is 125 Å². The highest BCUT2D eigenvalue weighted by molar-refractivity contribution is 6.01. The minimum Gasteiger partial charge on any atom is -0.377 e. The molecular weight excluding hydrogens is 1410 g/mol. The van der Waals surface area contributed by atoms with Crippen LogP contribution >= 0.6 is 0 Å². The third-order valence-electron chi connectivity index (χ3n) is 21.6. The summed E-state index contributed by atoms with van der Waals surface area (Å²) in [7, 11) is 11.0. The molecule has 2 aromatic rings. The first-order valence-corrected chi connectivity index (χ1v) is 37.7. The number of aryl methyl sites for hydroxylation is 2. The molecule has 25 nitrogen and oxygen atoms in total. The van der Waals surface area contributed by atoms with E-state index >= 15 is 32.8 Å². The molecule has 4 aliphatic rings. The molecule has 2 aromatic carbocycles. The van der Waals surface area contributed by atoms with Gasteiger partial charge in [0.25, 0.3) is 0 Å². The zero-order valence-corrected chi connectivity index (χ0v) is 64.9. The third-order valence-corrected chi connectivity index (χ3v) is 21.6. The van der Waals surface area contributed by atoms with Crippen LogP contribution in [-0.2, 0) is 87.7 Å². The summed E-state index contributed by atoms with van der Waals surface area (Å²) in [5.74, 6) is -14.1. The van der Waals surface area contributed by atoms with Crippen molar-refractivity contribution in [1.82, 2.24) is 60.0 Å². The lowest BCUT2D eigenvalue weighted by molar-refractivity contribution is -0.156. The van der Waals surface area contributed by atoms with E-state index in [1.54, 1.807) is 52.0 Å². The van der Waals surface area contributed by atoms with E-state index in [9.17, 15) is 46.7 Å². The lowest BCUT2D eigenvalue weighted by Gasteiger charge is -2.42. The number of unbranched alkanes of at least 4 members (excludes halogenated alkanes) is 1. The summed E-state index contributed by atoms with van der Waals surface area (Å²) in [5, 5.41) is 8.49. The van der Waals surface area contributed by atoms with E-state index in [4.69, 9.17) is 4.74 Å². The van der Waals surface area contributed by atoms with Crippen LogP contribution in [-0.4, -0.2) is 265 Å². The average molecular weight is 1520 g/mol. The molecule has 0 radical (unpaired) electrons. The lowest BCUT2D eigenvalue weighted by Crippen LogP contribution is -2.65. The van der Waals surface area contributed by atoms with Crippen LogP contribution in [0.25, 0.3) is 0 Å². The minimum absolute atomic E-state index is 0.0493. The quantitative estimate of drug-likeness (QED) is 0.0754. The Morgan fingerprint density at radius 1 is 0.685 bits per heavy atom. The van der Waals surface area contributed by atoms with E-state index < -0.39 is 199 Å². The first-order valence-electron chi connectivity index (χ1n) is 37.7. The normalized spacial score (nSPS) is 24.3. The number of amides is 12. The van der Waals surface area contributed by atoms with Crippen LogP contribution in [0.5, 0.6) is 0 Å². The number of halogens is 5. The summed E-state index contributed by atoms with van der Waals surface area (Å²) in [6.45, 7) is 12.3. The largest absolute Gasteiger partial charge is 0.422 e. The second-order valence-electron chi connectivity index (χ2n) is 29.7. The third kappa shape index (κ3) is 22.4. The standard InChI is InChI=1S/C78H113F5N12O13/c1-15-20-22-30-58-69(100)85-67(49(6)18-4)74(105)90(11)47-64(98)88(9)48-65(99)94(39-17-3)61(42-51-33-31-50(32-34-51)27-21-16-2)73(104)89(10)46-62(96)84-57(36-35-52-40-55(79)66(56(80)41-52)78(81,82)83)71(102)95-45-54(108-19-5)43-59(95)70(101)86-77(37-25-26-38-77)76(107)93(14)68(53-28-23-24-29-53)75(106)92(13)60(72(103)87(7)8)44-63(97)91(58)12/h15-16,31-34,40-41,49,53-54,57-61,67-68H,1-2,17-30,35-39,42-48H2,3-14H3,(H,84,96)(H,85,100)(H,86,101)/t49-,54+,57-,58-,59-,60-,61-,67-,68-/m0/s1. The number of rotatable bonds is 20. The molecule has 12 amide bonds. The van der Waals surface area contributed by atoms with Gasteiger partial charge >= 0.3 is 6.18 Å². The first kappa shape index (κ1) is 88.1. The number of carbonyl (C=O) groups excluding carboxylic acids is 12. The van der Waals surface area contributed by atoms with Gasteiger partial charge in [0.15, 0.2) is 0 Å². The molecule has 4 fully saturated rings. The Morgan fingerprint density at radius 3 is 1.86 bits per heavy atom. The number of nitrogens with one attached hydrogen (secondary N) is 3. The fourth-order valence-electron chi connectivity index (χ4n) is 15.2. The van der Waals surface area contributed by atoms with E-state index in [1.807, 2.05) is 12.1 Å². The molecule has 2 saturated carbocycles. The van der Waals surface area contributed by atoms with Crippen LogP contribution in [0.2, 0.25) is 0 Å². The Labute approximate surface area is 632 Å². The van der Waals surface area contributed by atoms with Gasteiger partial charge in [0.05, 0.1) is 32.2 Å². The smallest absolute Gasteiger partial charge is 0.377 e. The summed E-state index contributed by atoms with van der Waals surface area (Å²) in [6.07, 6.45) is 1.28. The number of hydrogen-bond donors (Lipinski definition) is 3. The highest BCUT2D eigenvalue weighted by atomic mass is 19.4. The van der Waals surface area contributed by atoms with Gasteiger partial charge in [0.1, 0.15) is 65.0 Å². The number of carbonyl (C=O) groups is 12. The van der Waals surface area contributed by atoms with E-state index in [-0.39, 0.29) is 63.8 Å². The molecule has 30 heteroatoms. The van der Waals surface area contributed by atoms with Crippen LogP contribution in [0.15, 0.2) is 61.7 Å². The molecule has 2 aliphatic heterocycles. The zero-order valence-electron chi connectivity index (χ0n) is 64.9. The van der Waals surface area contributed by atoms with Gasteiger partial charge in [-0.3, -0.25) is 57.5 Å². The number of benzene rings is 2. The molecule has 1 spiro atoms. The number of allylic oxidation sites excluding steroid dienone is 2. The highest BCUT2D eigenvalue weighted by Crippen LogP contribution is 2.38. The van der Waals surface area contributed by atoms with Gasteiger partial charge in [0.2, 0.25) is 70.9 Å². The van der Waals surface area contributed by atoms with Crippen LogP contribution in [0.3, 0.4) is 0 Å². The van der Waals surface area contributed by atoms with E-state index in [0.29, 0.717) is 88.3 Å². The van der Waals surface area contributed by atoms with Gasteiger partial charge in [-0.1, -0.05) is 89.3 Å². The molecular formula is C78H113F5N12O13. The molecule has 2 heterocycles. The lowest BCUT2D eigenvalue weighted by atomic mass is 9.90. The van der Waals surface area contributed by atoms with Crippen molar-refractivity contribution in [2.75, 3.05) is 95.7 Å². The first-order chi connectivity index (χ1) is 51.0.